The molecule has 0 amide bonds. The summed E-state index contributed by atoms with van der Waals surface area (Å²) in [5.74, 6) is -5.03. The van der Waals surface area contributed by atoms with Crippen LogP contribution in [0.25, 0.3) is 0 Å². The molecular formula is C28H31ClN2O9S. The Morgan fingerprint density at radius 2 is 1.34 bits per heavy atom. The van der Waals surface area contributed by atoms with Gasteiger partial charge in [0.2, 0.25) is 0 Å². The number of hydrogen-bond donors (Lipinski definition) is 5. The van der Waals surface area contributed by atoms with Crippen LogP contribution in [0.5, 0.6) is 0 Å². The Kier molecular flexibility index (Phi) is 14.1. The smallest absolute Gasteiger partial charge is 0.328 e. The molecule has 2 heterocycles. The molecule has 0 radical (unpaired) electrons. The topological polar surface area (TPSA) is 176 Å². The third-order valence-electron chi connectivity index (χ3n) is 5.94. The number of halogens is 1. The Morgan fingerprint density at radius 3 is 1.85 bits per heavy atom. The number of fused-ring (bicyclic) bond motifs is 2. The fourth-order valence-electron chi connectivity index (χ4n) is 4.13. The molecule has 1 saturated heterocycles. The van der Waals surface area contributed by atoms with E-state index in [1.54, 1.807) is 0 Å². The minimum absolute atomic E-state index is 0.242. The monoisotopic (exact) mass is 606 g/mol. The molecule has 13 heteroatoms. The summed E-state index contributed by atoms with van der Waals surface area (Å²) in [6.45, 7) is 5.11. The highest BCUT2D eigenvalue weighted by molar-refractivity contribution is 7.99. The van der Waals surface area contributed by atoms with Gasteiger partial charge in [-0.05, 0) is 41.8 Å². The Balaban J connectivity index is 0.000000304. The number of carboxylic acids is 4. The zero-order chi connectivity index (χ0) is 30.4. The molecule has 11 nitrogen and oxygen atoms in total. The van der Waals surface area contributed by atoms with Gasteiger partial charge in [0.25, 0.3) is 0 Å². The van der Waals surface area contributed by atoms with Gasteiger partial charge in [0.1, 0.15) is 0 Å². The van der Waals surface area contributed by atoms with E-state index in [-0.39, 0.29) is 6.61 Å². The molecule has 0 aromatic heterocycles. The zero-order valence-corrected chi connectivity index (χ0v) is 23.5. The molecule has 1 atom stereocenters. The van der Waals surface area contributed by atoms with Crippen LogP contribution >= 0.6 is 23.4 Å². The predicted octanol–water partition coefficient (Wildman–Crippen LogP) is 3.12. The number of aliphatic hydroxyl groups excluding tert-OH is 1. The van der Waals surface area contributed by atoms with Crippen molar-refractivity contribution in [3.63, 3.8) is 0 Å². The molecule has 4 rings (SSSR count). The van der Waals surface area contributed by atoms with Gasteiger partial charge in [-0.2, -0.15) is 0 Å². The normalized spacial score (nSPS) is 16.8. The van der Waals surface area contributed by atoms with Crippen LogP contribution in [0.3, 0.4) is 0 Å². The summed E-state index contributed by atoms with van der Waals surface area (Å²) in [4.78, 5) is 45.8. The van der Waals surface area contributed by atoms with E-state index in [1.165, 1.54) is 20.9 Å². The zero-order valence-electron chi connectivity index (χ0n) is 21.9. The van der Waals surface area contributed by atoms with Crippen LogP contribution in [-0.4, -0.2) is 98.5 Å². The lowest BCUT2D eigenvalue weighted by Gasteiger charge is -2.39. The number of piperazine rings is 1. The van der Waals surface area contributed by atoms with Crippen LogP contribution in [-0.2, 0) is 25.6 Å². The van der Waals surface area contributed by atoms with Crippen molar-refractivity contribution in [1.29, 1.82) is 0 Å². The molecule has 0 spiro atoms. The van der Waals surface area contributed by atoms with Crippen molar-refractivity contribution in [3.8, 4) is 0 Å². The van der Waals surface area contributed by atoms with E-state index in [2.05, 4.69) is 46.2 Å². The molecular weight excluding hydrogens is 576 g/mol. The number of β-amino-alcohol motifs (C(OH)–C–C–N with tert-alkyl or cyclic N) is 1. The van der Waals surface area contributed by atoms with Crippen LogP contribution in [0.15, 0.2) is 76.6 Å². The van der Waals surface area contributed by atoms with Crippen molar-refractivity contribution in [2.24, 2.45) is 0 Å². The summed E-state index contributed by atoms with van der Waals surface area (Å²) >= 11 is 8.21. The fourth-order valence-corrected chi connectivity index (χ4v) is 5.43. The second-order valence-electron chi connectivity index (χ2n) is 8.73. The van der Waals surface area contributed by atoms with Gasteiger partial charge in [0.05, 0.1) is 6.61 Å². The second kappa shape index (κ2) is 17.2. The van der Waals surface area contributed by atoms with Crippen molar-refractivity contribution in [1.82, 2.24) is 9.80 Å². The van der Waals surface area contributed by atoms with Gasteiger partial charge in [-0.15, -0.1) is 0 Å². The average molecular weight is 607 g/mol. The molecule has 220 valence electrons. The SMILES string of the molecule is O=C(O)/C=C/C(=O)O.O=C(O)/C=C/C(=O)O.OCCN1CCN(C2Cc3ccccc3Sc3ccc(Cl)cc32)CC1. The number of carboxylic acid groups (broad SMARTS) is 4. The summed E-state index contributed by atoms with van der Waals surface area (Å²) in [6.07, 6.45) is 3.26. The van der Waals surface area contributed by atoms with Crippen molar-refractivity contribution in [2.75, 3.05) is 39.3 Å². The molecule has 5 N–H and O–H groups in total. The first-order chi connectivity index (χ1) is 19.5. The van der Waals surface area contributed by atoms with E-state index in [1.807, 2.05) is 17.8 Å². The van der Waals surface area contributed by atoms with Gasteiger partial charge in [0, 0.05) is 77.9 Å². The molecule has 0 bridgehead atoms. The highest BCUT2D eigenvalue weighted by Gasteiger charge is 2.30. The first-order valence-electron chi connectivity index (χ1n) is 12.4. The van der Waals surface area contributed by atoms with Crippen molar-refractivity contribution in [2.45, 2.75) is 22.3 Å². The Bertz CT molecular complexity index is 1210. The summed E-state index contributed by atoms with van der Waals surface area (Å²) in [7, 11) is 0. The van der Waals surface area contributed by atoms with Gasteiger partial charge in [-0.3, -0.25) is 9.80 Å². The number of carbonyl (C=O) groups is 4. The number of benzene rings is 2. The number of hydrogen-bond acceptors (Lipinski definition) is 8. The second-order valence-corrected chi connectivity index (χ2v) is 10.3. The maximum Gasteiger partial charge on any atom is 0.328 e. The maximum absolute atomic E-state index is 9.55. The quantitative estimate of drug-likeness (QED) is 0.292. The van der Waals surface area contributed by atoms with E-state index < -0.39 is 23.9 Å². The molecule has 41 heavy (non-hydrogen) atoms. The van der Waals surface area contributed by atoms with E-state index >= 15 is 0 Å². The van der Waals surface area contributed by atoms with Crippen LogP contribution < -0.4 is 0 Å². The number of aliphatic hydroxyl groups is 1. The van der Waals surface area contributed by atoms with E-state index in [9.17, 15) is 19.2 Å². The number of nitrogens with zero attached hydrogens (tertiary/aromatic N) is 2. The highest BCUT2D eigenvalue weighted by atomic mass is 35.5. The van der Waals surface area contributed by atoms with Crippen molar-refractivity contribution < 1.29 is 44.7 Å². The molecule has 1 fully saturated rings. The van der Waals surface area contributed by atoms with Crippen LogP contribution in [0, 0.1) is 0 Å². The molecule has 2 aromatic rings. The molecule has 2 aliphatic rings. The summed E-state index contributed by atoms with van der Waals surface area (Å²) in [6, 6.07) is 15.4. The van der Waals surface area contributed by atoms with Gasteiger partial charge < -0.3 is 25.5 Å². The summed E-state index contributed by atoms with van der Waals surface area (Å²) in [5, 5.41) is 41.2. The first kappa shape index (κ1) is 33.5. The van der Waals surface area contributed by atoms with Crippen LogP contribution in [0.4, 0.5) is 0 Å². The van der Waals surface area contributed by atoms with Gasteiger partial charge in [-0.25, -0.2) is 19.2 Å². The van der Waals surface area contributed by atoms with Crippen molar-refractivity contribution in [3.05, 3.63) is 82.9 Å². The van der Waals surface area contributed by atoms with Crippen LogP contribution in [0.1, 0.15) is 17.2 Å². The molecule has 0 aliphatic carbocycles. The predicted molar refractivity (Wildman–Crippen MR) is 152 cm³/mol. The van der Waals surface area contributed by atoms with E-state index in [0.717, 1.165) is 44.2 Å². The summed E-state index contributed by atoms with van der Waals surface area (Å²) in [5.41, 5.74) is 2.77. The van der Waals surface area contributed by atoms with E-state index in [0.29, 0.717) is 30.3 Å². The maximum atomic E-state index is 9.55. The average Bonchev–Trinajstić information content (AvgIpc) is 3.09. The van der Waals surface area contributed by atoms with Crippen LogP contribution in [0.2, 0.25) is 5.02 Å². The lowest BCUT2D eigenvalue weighted by molar-refractivity contribution is -0.134. The Hall–Kier alpha value is -3.68. The lowest BCUT2D eigenvalue weighted by atomic mass is 9.96. The summed E-state index contributed by atoms with van der Waals surface area (Å²) < 4.78 is 0. The Morgan fingerprint density at radius 1 is 0.805 bits per heavy atom. The molecule has 1 unspecified atom stereocenters. The minimum atomic E-state index is -1.26. The van der Waals surface area contributed by atoms with Gasteiger partial charge >= 0.3 is 23.9 Å². The first-order valence-corrected chi connectivity index (χ1v) is 13.6. The van der Waals surface area contributed by atoms with Crippen molar-refractivity contribution >= 4 is 47.2 Å². The Labute approximate surface area is 246 Å². The highest BCUT2D eigenvalue weighted by Crippen LogP contribution is 2.43. The van der Waals surface area contributed by atoms with E-state index in [4.69, 9.17) is 37.1 Å². The van der Waals surface area contributed by atoms with Gasteiger partial charge in [-0.1, -0.05) is 41.6 Å². The third kappa shape index (κ3) is 12.2. The minimum Gasteiger partial charge on any atom is -0.478 e. The third-order valence-corrected chi connectivity index (χ3v) is 7.38. The lowest BCUT2D eigenvalue weighted by Crippen LogP contribution is -2.48. The largest absolute Gasteiger partial charge is 0.478 e. The number of rotatable bonds is 7. The van der Waals surface area contributed by atoms with Gasteiger partial charge in [0.15, 0.2) is 0 Å². The molecule has 2 aromatic carbocycles. The number of aliphatic carboxylic acids is 4. The molecule has 0 saturated carbocycles. The molecule has 2 aliphatic heterocycles. The standard InChI is InChI=1S/C20H23ClN2OS.2C4H4O4/c21-16-5-6-20-17(14-16)18(13-15-3-1-2-4-19(15)25-20)23-9-7-22(8-10-23)11-12-24;2*5-3(6)1-2-4(7)8/h1-6,14,18,24H,7-13H2;2*1-2H,(H,5,6)(H,7,8)/b;2*2-1+. The fraction of sp³-hybridized carbons (Fsp3) is 0.286.